The van der Waals surface area contributed by atoms with Gasteiger partial charge in [0, 0.05) is 19.2 Å². The number of hydrogen-bond donors (Lipinski definition) is 1. The normalized spacial score (nSPS) is 30.3. The lowest BCUT2D eigenvalue weighted by molar-refractivity contribution is -0.505. The van der Waals surface area contributed by atoms with Gasteiger partial charge in [-0.05, 0) is 64.2 Å². The Morgan fingerprint density at radius 1 is 1.15 bits per heavy atom. The van der Waals surface area contributed by atoms with Crippen LogP contribution in [-0.4, -0.2) is 70.0 Å². The Hall–Kier alpha value is -2.96. The van der Waals surface area contributed by atoms with Crippen LogP contribution in [0.5, 0.6) is 5.88 Å². The number of aromatic amines is 1. The van der Waals surface area contributed by atoms with E-state index in [0.29, 0.717) is 50.5 Å². The number of aromatic nitrogens is 4. The minimum absolute atomic E-state index is 0.0106. The van der Waals surface area contributed by atoms with E-state index in [2.05, 4.69) is 33.8 Å². The average Bonchev–Trinajstić information content (AvgIpc) is 3.65. The van der Waals surface area contributed by atoms with Crippen LogP contribution in [0.15, 0.2) is 9.97 Å². The molecule has 12 heteroatoms. The van der Waals surface area contributed by atoms with Crippen LogP contribution in [0.25, 0.3) is 17.2 Å². The lowest BCUT2D eigenvalue weighted by atomic mass is 9.58. The Labute approximate surface area is 232 Å². The molecule has 2 saturated carbocycles. The molecule has 12 nitrogen and oxygen atoms in total. The standard InChI is InChI=1S/C28H38N6O6/c1-17(19-10-8-14-32(19)2)40-25-21-24(34(4)26(36)33(21)3)29-23(30-25)20(31-37)18-9-7-12-27(22(18)35)11-5-6-13-28(27)38-15-16-39-28/h17-19H,4-16H2,1-3H3/p+1/t17-,18?,19-,27-/m0/s1. The van der Waals surface area contributed by atoms with Crippen LogP contribution in [-0.2, 0) is 21.3 Å². The van der Waals surface area contributed by atoms with Crippen molar-refractivity contribution in [3.05, 3.63) is 27.6 Å². The molecule has 2 saturated heterocycles. The van der Waals surface area contributed by atoms with Gasteiger partial charge in [0.1, 0.15) is 6.10 Å². The second kappa shape index (κ2) is 10.1. The summed E-state index contributed by atoms with van der Waals surface area (Å²) in [6, 6.07) is 0.195. The number of carbonyl (C=O) groups excluding carboxylic acids is 1. The minimum Gasteiger partial charge on any atom is -0.472 e. The lowest BCUT2D eigenvalue weighted by Gasteiger charge is -2.51. The fourth-order valence-electron chi connectivity index (χ4n) is 7.76. The van der Waals surface area contributed by atoms with Crippen molar-refractivity contribution in [2.24, 2.45) is 23.6 Å². The van der Waals surface area contributed by atoms with Crippen molar-refractivity contribution < 1.29 is 23.2 Å². The fourth-order valence-corrected chi connectivity index (χ4v) is 7.76. The minimum atomic E-state index is -0.944. The van der Waals surface area contributed by atoms with Crippen LogP contribution < -0.4 is 20.1 Å². The Morgan fingerprint density at radius 3 is 2.58 bits per heavy atom. The third-order valence-corrected chi connectivity index (χ3v) is 9.81. The van der Waals surface area contributed by atoms with Crippen LogP contribution in [0.2, 0.25) is 0 Å². The first kappa shape index (κ1) is 27.2. The molecule has 6 rings (SSSR count). The van der Waals surface area contributed by atoms with E-state index >= 15 is 0 Å². The average molecular weight is 556 g/mol. The highest BCUT2D eigenvalue weighted by Gasteiger charge is 2.63. The highest BCUT2D eigenvalue weighted by molar-refractivity contribution is 5.95. The van der Waals surface area contributed by atoms with Crippen LogP contribution in [0.1, 0.15) is 64.7 Å². The second-order valence-corrected chi connectivity index (χ2v) is 11.9. The third kappa shape index (κ3) is 3.98. The lowest BCUT2D eigenvalue weighted by Crippen LogP contribution is -2.59. The summed E-state index contributed by atoms with van der Waals surface area (Å²) in [7, 11) is 3.70. The van der Waals surface area contributed by atoms with E-state index in [9.17, 15) is 14.5 Å². The fraction of sp³-hybridized carbons (Fsp3) is 0.714. The molecule has 0 aromatic heterocycles. The van der Waals surface area contributed by atoms with Gasteiger partial charge in [-0.3, -0.25) is 14.7 Å². The van der Waals surface area contributed by atoms with E-state index in [0.717, 1.165) is 38.6 Å². The van der Waals surface area contributed by atoms with Gasteiger partial charge in [-0.1, -0.05) is 17.8 Å². The summed E-state index contributed by atoms with van der Waals surface area (Å²) in [5.41, 5.74) is -0.645. The molecule has 0 bridgehead atoms. The molecule has 4 fully saturated rings. The van der Waals surface area contributed by atoms with Crippen molar-refractivity contribution in [2.75, 3.05) is 26.8 Å². The topological polar surface area (TPSA) is 134 Å². The predicted molar refractivity (Wildman–Crippen MR) is 144 cm³/mol. The van der Waals surface area contributed by atoms with Gasteiger partial charge in [-0.15, -0.1) is 4.91 Å². The number of ether oxygens (including phenoxy) is 3. The quantitative estimate of drug-likeness (QED) is 0.434. The van der Waals surface area contributed by atoms with E-state index in [-0.39, 0.29) is 40.6 Å². The van der Waals surface area contributed by atoms with Crippen molar-refractivity contribution in [1.29, 1.82) is 0 Å². The number of fused-ring (bicyclic) bond motifs is 2. The Morgan fingerprint density at radius 2 is 1.88 bits per heavy atom. The van der Waals surface area contributed by atoms with E-state index in [1.807, 2.05) is 6.92 Å². The van der Waals surface area contributed by atoms with E-state index in [4.69, 9.17) is 14.2 Å². The Balaban J connectivity index is 1.48. The predicted octanol–water partition coefficient (Wildman–Crippen LogP) is 1.55. The summed E-state index contributed by atoms with van der Waals surface area (Å²) in [4.78, 5) is 49.8. The van der Waals surface area contributed by atoms with Gasteiger partial charge < -0.3 is 14.2 Å². The summed E-state index contributed by atoms with van der Waals surface area (Å²) < 4.78 is 21.4. The summed E-state index contributed by atoms with van der Waals surface area (Å²) in [6.07, 6.45) is 6.86. The van der Waals surface area contributed by atoms with Crippen LogP contribution in [0.3, 0.4) is 0 Å². The summed E-state index contributed by atoms with van der Waals surface area (Å²) in [6.45, 7) is 7.77. The number of hydrogen-bond acceptors (Lipinski definition) is 9. The van der Waals surface area contributed by atoms with Crippen molar-refractivity contribution in [1.82, 2.24) is 19.4 Å². The van der Waals surface area contributed by atoms with Crippen LogP contribution in [0, 0.1) is 23.0 Å². The molecular formula is C28H39N6O6+. The summed E-state index contributed by atoms with van der Waals surface area (Å²) >= 11 is 0. The second-order valence-electron chi connectivity index (χ2n) is 11.9. The van der Waals surface area contributed by atoms with Gasteiger partial charge in [-0.25, -0.2) is 9.36 Å². The zero-order valence-electron chi connectivity index (χ0n) is 23.6. The number of nitrogens with zero attached hydrogens (tertiary/aromatic N) is 5. The number of H-pyrrole nitrogens is 1. The molecule has 0 radical (unpaired) electrons. The van der Waals surface area contributed by atoms with Gasteiger partial charge in [0.25, 0.3) is 0 Å². The first-order valence-corrected chi connectivity index (χ1v) is 14.5. The van der Waals surface area contributed by atoms with Gasteiger partial charge in [0.2, 0.25) is 17.1 Å². The molecule has 216 valence electrons. The summed E-state index contributed by atoms with van der Waals surface area (Å²) in [5, 5.41) is 3.39. The number of rotatable bonds is 5. The zero-order valence-corrected chi connectivity index (χ0v) is 23.6. The summed E-state index contributed by atoms with van der Waals surface area (Å²) in [5.74, 6) is -1.26. The highest BCUT2D eigenvalue weighted by atomic mass is 16.7. The van der Waals surface area contributed by atoms with Gasteiger partial charge in [-0.2, -0.15) is 4.24 Å². The van der Waals surface area contributed by atoms with Crippen molar-refractivity contribution >= 4 is 11.5 Å². The molecule has 4 atom stereocenters. The van der Waals surface area contributed by atoms with E-state index in [1.165, 1.54) is 8.81 Å². The third-order valence-electron chi connectivity index (χ3n) is 9.81. The number of ketones is 1. The molecule has 0 aromatic rings. The zero-order chi connectivity index (χ0) is 28.2. The number of Topliss-reactive ketones (excluding diaryl/α,β-unsaturated/α-hetero) is 1. The monoisotopic (exact) mass is 555 g/mol. The van der Waals surface area contributed by atoms with Crippen LogP contribution in [0.4, 0.5) is 0 Å². The molecule has 0 amide bonds. The first-order valence-electron chi connectivity index (χ1n) is 14.5. The number of carbonyl (C=O) groups is 1. The number of likely N-dealkylation sites (tertiary alicyclic amines) is 1. The Kier molecular flexibility index (Phi) is 6.90. The molecule has 1 N–H and O–H groups in total. The number of nitroso groups, excluding NO2 is 1. The number of imidazole rings is 1. The maximum Gasteiger partial charge on any atom is 0.448 e. The van der Waals surface area contributed by atoms with Crippen molar-refractivity contribution in [3.8, 4) is 17.4 Å². The SMILES string of the molecule is C=[n+]1c2n/c(=C(/N=O)C3CCC[C@@]4(CCCCC45OCCO5)C3=O)[nH]c(O[C@@H](C)[C@@H]3CCCN3C)c-2n(C)c1=O. The van der Waals surface area contributed by atoms with E-state index < -0.39 is 17.1 Å². The molecule has 4 aliphatic heterocycles. The smallest absolute Gasteiger partial charge is 0.448 e. The first-order chi connectivity index (χ1) is 19.2. The van der Waals surface area contributed by atoms with E-state index in [1.54, 1.807) is 7.05 Å². The van der Waals surface area contributed by atoms with Gasteiger partial charge in [0.15, 0.2) is 17.3 Å². The molecule has 40 heavy (non-hydrogen) atoms. The molecule has 2 spiro atoms. The van der Waals surface area contributed by atoms with Gasteiger partial charge in [0.05, 0.1) is 31.6 Å². The van der Waals surface area contributed by atoms with Crippen LogP contribution >= 0.6 is 0 Å². The largest absolute Gasteiger partial charge is 0.472 e. The number of likely N-dealkylation sites (N-methyl/N-ethyl adjacent to an activating group) is 1. The number of nitrogens with one attached hydrogen (secondary N) is 1. The highest BCUT2D eigenvalue weighted by Crippen LogP contribution is 2.57. The maximum atomic E-state index is 14.4. The molecule has 0 aromatic carbocycles. The molecular weight excluding hydrogens is 516 g/mol. The molecule has 4 heterocycles. The molecule has 6 aliphatic rings. The van der Waals surface area contributed by atoms with Crippen molar-refractivity contribution in [3.63, 3.8) is 0 Å². The Bertz CT molecular complexity index is 1460. The van der Waals surface area contributed by atoms with Crippen molar-refractivity contribution in [2.45, 2.75) is 82.6 Å². The maximum absolute atomic E-state index is 14.4. The molecule has 2 aliphatic carbocycles. The van der Waals surface area contributed by atoms with Gasteiger partial charge >= 0.3 is 11.5 Å². The molecule has 1 unspecified atom stereocenters.